The van der Waals surface area contributed by atoms with Gasteiger partial charge < -0.3 is 20.5 Å². The van der Waals surface area contributed by atoms with Crippen molar-refractivity contribution in [3.05, 3.63) is 22.7 Å². The fourth-order valence-electron chi connectivity index (χ4n) is 1.13. The van der Waals surface area contributed by atoms with Gasteiger partial charge in [-0.05, 0) is 34.1 Å². The van der Waals surface area contributed by atoms with E-state index >= 15 is 0 Å². The van der Waals surface area contributed by atoms with Crippen LogP contribution < -0.4 is 11.1 Å². The van der Waals surface area contributed by atoms with Crippen molar-refractivity contribution in [3.8, 4) is 0 Å². The molecule has 0 aliphatic rings. The third kappa shape index (κ3) is 5.16. The Morgan fingerprint density at radius 2 is 2.24 bits per heavy atom. The number of nitrogens with two attached hydrogens (primary N) is 1. The molecule has 0 bridgehead atoms. The van der Waals surface area contributed by atoms with Crippen molar-refractivity contribution in [2.24, 2.45) is 0 Å². The highest BCUT2D eigenvalue weighted by Crippen LogP contribution is 2.24. The normalized spacial score (nSPS) is 10.2. The van der Waals surface area contributed by atoms with E-state index in [1.165, 1.54) is 0 Å². The molecule has 0 heterocycles. The Balaban J connectivity index is 2.42. The van der Waals surface area contributed by atoms with E-state index in [1.54, 1.807) is 25.3 Å². The fourth-order valence-corrected chi connectivity index (χ4v) is 1.48. The molecular weight excluding hydrogens is 288 g/mol. The summed E-state index contributed by atoms with van der Waals surface area (Å²) in [5, 5.41) is 2.70. The number of nitrogen functional groups attached to an aromatic ring is 1. The van der Waals surface area contributed by atoms with Crippen molar-refractivity contribution < 1.29 is 14.3 Å². The summed E-state index contributed by atoms with van der Waals surface area (Å²) in [6.45, 7) is 0.849. The Hall–Kier alpha value is -1.11. The first-order valence-electron chi connectivity index (χ1n) is 5.05. The smallest absolute Gasteiger partial charge is 0.250 e. The first-order valence-corrected chi connectivity index (χ1v) is 5.84. The van der Waals surface area contributed by atoms with Crippen LogP contribution in [0.15, 0.2) is 22.7 Å². The lowest BCUT2D eigenvalue weighted by atomic mass is 10.3. The van der Waals surface area contributed by atoms with Crippen molar-refractivity contribution in [3.63, 3.8) is 0 Å². The summed E-state index contributed by atoms with van der Waals surface area (Å²) in [7, 11) is 1.58. The first-order chi connectivity index (χ1) is 8.13. The summed E-state index contributed by atoms with van der Waals surface area (Å²) < 4.78 is 10.7. The maximum atomic E-state index is 11.5. The predicted octanol–water partition coefficient (Wildman–Crippen LogP) is 1.63. The van der Waals surface area contributed by atoms with Gasteiger partial charge in [-0.15, -0.1) is 0 Å². The number of rotatable bonds is 6. The van der Waals surface area contributed by atoms with Gasteiger partial charge in [-0.2, -0.15) is 0 Å². The van der Waals surface area contributed by atoms with Crippen LogP contribution in [0.2, 0.25) is 0 Å². The molecule has 0 aliphatic heterocycles. The second kappa shape index (κ2) is 7.26. The van der Waals surface area contributed by atoms with Gasteiger partial charge in [0.25, 0.3) is 0 Å². The summed E-state index contributed by atoms with van der Waals surface area (Å²) in [5.74, 6) is -0.229. The Morgan fingerprint density at radius 1 is 1.47 bits per heavy atom. The van der Waals surface area contributed by atoms with Gasteiger partial charge in [0.15, 0.2) is 0 Å². The molecule has 0 aliphatic carbocycles. The highest BCUT2D eigenvalue weighted by atomic mass is 79.9. The Morgan fingerprint density at radius 3 is 2.94 bits per heavy atom. The van der Waals surface area contributed by atoms with Gasteiger partial charge in [0.2, 0.25) is 5.91 Å². The van der Waals surface area contributed by atoms with Gasteiger partial charge in [0.05, 0.1) is 18.9 Å². The van der Waals surface area contributed by atoms with Crippen LogP contribution in [0.3, 0.4) is 0 Å². The molecule has 94 valence electrons. The number of hydrogen-bond donors (Lipinski definition) is 2. The van der Waals surface area contributed by atoms with E-state index < -0.39 is 0 Å². The highest BCUT2D eigenvalue weighted by Gasteiger charge is 2.05. The number of hydrogen-bond acceptors (Lipinski definition) is 4. The summed E-state index contributed by atoms with van der Waals surface area (Å²) >= 11 is 3.32. The summed E-state index contributed by atoms with van der Waals surface area (Å²) in [6, 6.07) is 5.20. The third-order valence-corrected chi connectivity index (χ3v) is 2.62. The maximum Gasteiger partial charge on any atom is 0.250 e. The van der Waals surface area contributed by atoms with Crippen LogP contribution in [-0.2, 0) is 14.3 Å². The number of anilines is 2. The largest absolute Gasteiger partial charge is 0.399 e. The molecule has 0 saturated heterocycles. The molecule has 1 amide bonds. The lowest BCUT2D eigenvalue weighted by Gasteiger charge is -2.08. The van der Waals surface area contributed by atoms with Gasteiger partial charge in [-0.25, -0.2) is 0 Å². The number of amides is 1. The van der Waals surface area contributed by atoms with E-state index in [9.17, 15) is 4.79 Å². The van der Waals surface area contributed by atoms with Crippen LogP contribution in [0.5, 0.6) is 0 Å². The molecule has 1 rings (SSSR count). The van der Waals surface area contributed by atoms with E-state index in [4.69, 9.17) is 15.2 Å². The van der Waals surface area contributed by atoms with Crippen LogP contribution in [0.4, 0.5) is 11.4 Å². The minimum atomic E-state index is -0.229. The molecule has 0 radical (unpaired) electrons. The molecule has 5 nitrogen and oxygen atoms in total. The number of halogens is 1. The van der Waals surface area contributed by atoms with Crippen molar-refractivity contribution in [2.45, 2.75) is 0 Å². The van der Waals surface area contributed by atoms with Gasteiger partial charge in [-0.3, -0.25) is 4.79 Å². The second-order valence-corrected chi connectivity index (χ2v) is 4.19. The van der Waals surface area contributed by atoms with Crippen LogP contribution in [0.25, 0.3) is 0 Å². The Bertz CT molecular complexity index is 385. The van der Waals surface area contributed by atoms with Crippen LogP contribution in [0, 0.1) is 0 Å². The zero-order chi connectivity index (χ0) is 12.7. The van der Waals surface area contributed by atoms with E-state index in [-0.39, 0.29) is 12.5 Å². The maximum absolute atomic E-state index is 11.5. The van der Waals surface area contributed by atoms with Crippen molar-refractivity contribution in [1.82, 2.24) is 0 Å². The van der Waals surface area contributed by atoms with Crippen molar-refractivity contribution >= 4 is 33.2 Å². The van der Waals surface area contributed by atoms with E-state index in [1.807, 2.05) is 0 Å². The van der Waals surface area contributed by atoms with Crippen LogP contribution in [-0.4, -0.2) is 32.8 Å². The predicted molar refractivity (Wildman–Crippen MR) is 69.9 cm³/mol. The standard InChI is InChI=1S/C11H15BrN2O3/c1-16-4-5-17-7-11(15)14-10-6-8(13)2-3-9(10)12/h2-3,6H,4-5,7,13H2,1H3,(H,14,15). The number of ether oxygens (including phenoxy) is 2. The van der Waals surface area contributed by atoms with E-state index in [0.29, 0.717) is 24.6 Å². The number of benzene rings is 1. The molecule has 1 aromatic rings. The minimum absolute atomic E-state index is 0.00933. The molecule has 0 spiro atoms. The number of methoxy groups -OCH3 is 1. The number of carbonyl (C=O) groups excluding carboxylic acids is 1. The third-order valence-electron chi connectivity index (χ3n) is 1.93. The van der Waals surface area contributed by atoms with Crippen LogP contribution in [0.1, 0.15) is 0 Å². The molecule has 0 fully saturated rings. The lowest BCUT2D eigenvalue weighted by molar-refractivity contribution is -0.121. The summed E-state index contributed by atoms with van der Waals surface area (Å²) in [4.78, 5) is 11.5. The molecule has 17 heavy (non-hydrogen) atoms. The quantitative estimate of drug-likeness (QED) is 0.619. The molecular formula is C11H15BrN2O3. The average molecular weight is 303 g/mol. The lowest BCUT2D eigenvalue weighted by Crippen LogP contribution is -2.19. The molecule has 0 unspecified atom stereocenters. The van der Waals surface area contributed by atoms with Crippen molar-refractivity contribution in [2.75, 3.05) is 38.0 Å². The minimum Gasteiger partial charge on any atom is -0.399 e. The van der Waals surface area contributed by atoms with Gasteiger partial charge in [0.1, 0.15) is 6.61 Å². The topological polar surface area (TPSA) is 73.6 Å². The van der Waals surface area contributed by atoms with Gasteiger partial charge >= 0.3 is 0 Å². The molecule has 0 saturated carbocycles. The van der Waals surface area contributed by atoms with E-state index in [2.05, 4.69) is 21.2 Å². The molecule has 0 aromatic heterocycles. The summed E-state index contributed by atoms with van der Waals surface area (Å²) in [6.07, 6.45) is 0. The molecule has 3 N–H and O–H groups in total. The summed E-state index contributed by atoms with van der Waals surface area (Å²) in [5.41, 5.74) is 6.84. The zero-order valence-electron chi connectivity index (χ0n) is 9.53. The number of nitrogens with one attached hydrogen (secondary N) is 1. The van der Waals surface area contributed by atoms with Gasteiger partial charge in [-0.1, -0.05) is 0 Å². The SMILES string of the molecule is COCCOCC(=O)Nc1cc(N)ccc1Br. The Kier molecular flexibility index (Phi) is 5.96. The van der Waals surface area contributed by atoms with Crippen LogP contribution >= 0.6 is 15.9 Å². The van der Waals surface area contributed by atoms with Gasteiger partial charge in [0, 0.05) is 17.3 Å². The fraction of sp³-hybridized carbons (Fsp3) is 0.364. The van der Waals surface area contributed by atoms with Crippen molar-refractivity contribution in [1.29, 1.82) is 0 Å². The molecule has 0 atom stereocenters. The second-order valence-electron chi connectivity index (χ2n) is 3.33. The molecule has 6 heteroatoms. The Labute approximate surface area is 108 Å². The monoisotopic (exact) mass is 302 g/mol. The zero-order valence-corrected chi connectivity index (χ0v) is 11.1. The molecule has 1 aromatic carbocycles. The number of carbonyl (C=O) groups is 1. The van der Waals surface area contributed by atoms with E-state index in [0.717, 1.165) is 4.47 Å². The first kappa shape index (κ1) is 14.0. The highest BCUT2D eigenvalue weighted by molar-refractivity contribution is 9.10. The average Bonchev–Trinajstić information content (AvgIpc) is 2.29.